The lowest BCUT2D eigenvalue weighted by Gasteiger charge is -2.17. The molecular weight excluding hydrogens is 449 g/mol. The number of carbonyl (C=O) groups excluding carboxylic acids is 1. The summed E-state index contributed by atoms with van der Waals surface area (Å²) in [6.45, 7) is 3.12. The predicted octanol–water partition coefficient (Wildman–Crippen LogP) is 3.70. The molecular formula is C23H29ClFN5O3. The number of fused-ring (bicyclic) bond motifs is 1. The number of nitrogens with zero attached hydrogens (tertiary/aromatic N) is 4. The summed E-state index contributed by atoms with van der Waals surface area (Å²) in [7, 11) is 1.70. The Morgan fingerprint density at radius 2 is 1.76 bits per heavy atom. The maximum Gasteiger partial charge on any atom is 0.332 e. The molecule has 3 aromatic rings. The van der Waals surface area contributed by atoms with Crippen molar-refractivity contribution in [2.24, 2.45) is 0 Å². The van der Waals surface area contributed by atoms with Crippen LogP contribution in [-0.4, -0.2) is 37.0 Å². The molecule has 0 spiro atoms. The third-order valence-corrected chi connectivity index (χ3v) is 5.78. The monoisotopic (exact) mass is 477 g/mol. The van der Waals surface area contributed by atoms with Gasteiger partial charge in [-0.1, -0.05) is 31.9 Å². The Morgan fingerprint density at radius 1 is 1.09 bits per heavy atom. The molecule has 0 unspecified atom stereocenters. The molecule has 0 fully saturated rings. The molecule has 0 atom stereocenters. The summed E-state index contributed by atoms with van der Waals surface area (Å²) in [5.41, 5.74) is 0.465. The fourth-order valence-corrected chi connectivity index (χ4v) is 3.92. The van der Waals surface area contributed by atoms with Gasteiger partial charge in [-0.05, 0) is 48.6 Å². The molecule has 1 N–H and O–H groups in total. The first-order valence-corrected chi connectivity index (χ1v) is 11.6. The Bertz CT molecular complexity index is 1220. The number of aromatic amines is 1. The summed E-state index contributed by atoms with van der Waals surface area (Å²) in [5.74, 6) is -0.373. The van der Waals surface area contributed by atoms with Crippen LogP contribution >= 0.6 is 11.6 Å². The number of amides is 1. The van der Waals surface area contributed by atoms with E-state index in [2.05, 4.69) is 16.9 Å². The van der Waals surface area contributed by atoms with E-state index >= 15 is 0 Å². The van der Waals surface area contributed by atoms with E-state index in [4.69, 9.17) is 11.6 Å². The lowest BCUT2D eigenvalue weighted by molar-refractivity contribution is -0.130. The van der Waals surface area contributed by atoms with Crippen molar-refractivity contribution in [2.75, 3.05) is 7.05 Å². The van der Waals surface area contributed by atoms with Crippen LogP contribution < -0.4 is 11.2 Å². The average molecular weight is 478 g/mol. The number of hydrogen-bond donors (Lipinski definition) is 1. The quantitative estimate of drug-likeness (QED) is 0.336. The molecule has 0 aliphatic heterocycles. The van der Waals surface area contributed by atoms with E-state index < -0.39 is 11.2 Å². The molecule has 0 saturated heterocycles. The number of hydrogen-bond acceptors (Lipinski definition) is 4. The number of carbonyl (C=O) groups is 1. The highest BCUT2D eigenvalue weighted by Crippen LogP contribution is 2.12. The minimum atomic E-state index is -0.458. The molecule has 0 bridgehead atoms. The van der Waals surface area contributed by atoms with E-state index in [-0.39, 0.29) is 41.1 Å². The highest BCUT2D eigenvalue weighted by Gasteiger charge is 2.17. The number of nitrogens with one attached hydrogen (secondary N) is 1. The second-order valence-electron chi connectivity index (χ2n) is 8.16. The van der Waals surface area contributed by atoms with E-state index in [0.29, 0.717) is 25.9 Å². The highest BCUT2D eigenvalue weighted by molar-refractivity contribution is 6.28. The summed E-state index contributed by atoms with van der Waals surface area (Å²) in [4.78, 5) is 46.7. The van der Waals surface area contributed by atoms with Crippen molar-refractivity contribution >= 4 is 28.7 Å². The van der Waals surface area contributed by atoms with Crippen LogP contribution in [0.15, 0.2) is 33.9 Å². The minimum Gasteiger partial charge on any atom is -0.341 e. The molecule has 2 aromatic heterocycles. The van der Waals surface area contributed by atoms with Crippen molar-refractivity contribution in [1.29, 1.82) is 0 Å². The van der Waals surface area contributed by atoms with Gasteiger partial charge in [0, 0.05) is 33.1 Å². The maximum absolute atomic E-state index is 13.0. The Morgan fingerprint density at radius 3 is 2.45 bits per heavy atom. The molecule has 1 aromatic carbocycles. The number of imidazole rings is 1. The molecule has 0 aliphatic rings. The predicted molar refractivity (Wildman–Crippen MR) is 126 cm³/mol. The van der Waals surface area contributed by atoms with Gasteiger partial charge in [-0.25, -0.2) is 9.18 Å². The number of benzene rings is 1. The van der Waals surface area contributed by atoms with Crippen molar-refractivity contribution in [3.63, 3.8) is 0 Å². The molecule has 33 heavy (non-hydrogen) atoms. The van der Waals surface area contributed by atoms with E-state index in [1.165, 1.54) is 21.3 Å². The summed E-state index contributed by atoms with van der Waals surface area (Å²) in [6.07, 6.45) is 4.06. The lowest BCUT2D eigenvalue weighted by Crippen LogP contribution is -2.40. The van der Waals surface area contributed by atoms with Crippen LogP contribution in [0.4, 0.5) is 4.39 Å². The van der Waals surface area contributed by atoms with Crippen LogP contribution in [0, 0.1) is 5.82 Å². The third kappa shape index (κ3) is 6.10. The standard InChI is InChI=1S/C23H29ClFN5O3/c1-3-4-6-13-29-20-19(26-22(24)27-20)21(32)30(23(29)33)14-7-5-8-18(31)28(2)15-16-9-11-17(25)12-10-16/h9-12H,3-8,13-15H2,1-2H3,(H,26,27). The van der Waals surface area contributed by atoms with Crippen LogP contribution in [0.2, 0.25) is 5.28 Å². The molecule has 10 heteroatoms. The van der Waals surface area contributed by atoms with Gasteiger partial charge in [0.25, 0.3) is 5.56 Å². The van der Waals surface area contributed by atoms with Crippen molar-refractivity contribution in [1.82, 2.24) is 24.0 Å². The molecule has 2 heterocycles. The summed E-state index contributed by atoms with van der Waals surface area (Å²) < 4.78 is 15.7. The van der Waals surface area contributed by atoms with Crippen molar-refractivity contribution in [3.05, 3.63) is 61.8 Å². The Labute approximate surface area is 196 Å². The van der Waals surface area contributed by atoms with Crippen molar-refractivity contribution in [2.45, 2.75) is 65.1 Å². The van der Waals surface area contributed by atoms with Gasteiger partial charge < -0.3 is 9.88 Å². The van der Waals surface area contributed by atoms with Crippen LogP contribution in [0.3, 0.4) is 0 Å². The van der Waals surface area contributed by atoms with Gasteiger partial charge in [0.1, 0.15) is 5.82 Å². The number of unbranched alkanes of at least 4 members (excludes halogenated alkanes) is 3. The van der Waals surface area contributed by atoms with Crippen LogP contribution in [0.1, 0.15) is 51.0 Å². The number of aromatic nitrogens is 4. The zero-order valence-corrected chi connectivity index (χ0v) is 19.7. The smallest absolute Gasteiger partial charge is 0.332 e. The Hall–Kier alpha value is -2.94. The molecule has 0 radical (unpaired) electrons. The molecule has 178 valence electrons. The lowest BCUT2D eigenvalue weighted by atomic mass is 10.2. The number of rotatable bonds is 11. The maximum atomic E-state index is 13.0. The fourth-order valence-electron chi connectivity index (χ4n) is 3.75. The van der Waals surface area contributed by atoms with E-state index in [1.807, 2.05) is 0 Å². The van der Waals surface area contributed by atoms with E-state index in [9.17, 15) is 18.8 Å². The van der Waals surface area contributed by atoms with Crippen molar-refractivity contribution < 1.29 is 9.18 Å². The van der Waals surface area contributed by atoms with Crippen molar-refractivity contribution in [3.8, 4) is 0 Å². The summed E-state index contributed by atoms with van der Waals surface area (Å²) >= 11 is 5.96. The van der Waals surface area contributed by atoms with Gasteiger partial charge in [0.05, 0.1) is 0 Å². The molecule has 0 aliphatic carbocycles. The van der Waals surface area contributed by atoms with Gasteiger partial charge in [-0.3, -0.25) is 18.7 Å². The first-order chi connectivity index (χ1) is 15.8. The Kier molecular flexibility index (Phi) is 8.43. The normalized spacial score (nSPS) is 11.3. The van der Waals surface area contributed by atoms with Gasteiger partial charge in [-0.2, -0.15) is 4.98 Å². The minimum absolute atomic E-state index is 0.0561. The number of aryl methyl sites for hydroxylation is 1. The van der Waals surface area contributed by atoms with Crippen LogP contribution in [-0.2, 0) is 24.4 Å². The van der Waals surface area contributed by atoms with E-state index in [1.54, 1.807) is 24.1 Å². The number of H-pyrrole nitrogens is 1. The molecule has 0 saturated carbocycles. The first-order valence-electron chi connectivity index (χ1n) is 11.2. The molecule has 1 amide bonds. The first kappa shape index (κ1) is 24.7. The zero-order valence-electron chi connectivity index (χ0n) is 18.9. The van der Waals surface area contributed by atoms with Crippen LogP contribution in [0.5, 0.6) is 0 Å². The molecule has 8 nitrogen and oxygen atoms in total. The largest absolute Gasteiger partial charge is 0.341 e. The van der Waals surface area contributed by atoms with Gasteiger partial charge >= 0.3 is 5.69 Å². The zero-order chi connectivity index (χ0) is 24.0. The van der Waals surface area contributed by atoms with Gasteiger partial charge in [0.2, 0.25) is 11.2 Å². The van der Waals surface area contributed by atoms with Crippen LogP contribution in [0.25, 0.3) is 11.2 Å². The third-order valence-electron chi connectivity index (χ3n) is 5.60. The summed E-state index contributed by atoms with van der Waals surface area (Å²) in [5, 5.41) is 0.0679. The highest BCUT2D eigenvalue weighted by atomic mass is 35.5. The second-order valence-corrected chi connectivity index (χ2v) is 8.52. The fraction of sp³-hybridized carbons (Fsp3) is 0.478. The SMILES string of the molecule is CCCCCn1c(=O)n(CCCCC(=O)N(C)Cc2ccc(F)cc2)c(=O)c2[nH]c(Cl)nc21. The second kappa shape index (κ2) is 11.3. The summed E-state index contributed by atoms with van der Waals surface area (Å²) in [6, 6.07) is 6.03. The average Bonchev–Trinajstić information content (AvgIpc) is 3.18. The van der Waals surface area contributed by atoms with E-state index in [0.717, 1.165) is 24.8 Å². The topological polar surface area (TPSA) is 93.0 Å². The van der Waals surface area contributed by atoms with Gasteiger partial charge in [-0.15, -0.1) is 0 Å². The van der Waals surface area contributed by atoms with Gasteiger partial charge in [0.15, 0.2) is 11.2 Å². The number of halogens is 2. The Balaban J connectivity index is 1.63. The molecule has 3 rings (SSSR count).